The molecule has 192 valence electrons. The van der Waals surface area contributed by atoms with Crippen molar-refractivity contribution >= 4 is 36.2 Å². The Balaban J connectivity index is 1.65. The zero-order chi connectivity index (χ0) is 26.5. The number of ether oxygens (including phenoxy) is 1. The fraction of sp³-hybridized carbons (Fsp3) is 0.407. The van der Waals surface area contributed by atoms with E-state index in [1.165, 1.54) is 17.0 Å². The Labute approximate surface area is 216 Å². The summed E-state index contributed by atoms with van der Waals surface area (Å²) >= 11 is 0. The minimum absolute atomic E-state index is 0.163. The first-order valence-corrected chi connectivity index (χ1v) is 16.2. The number of aliphatic hydroxyl groups excluding tert-OH is 1. The highest BCUT2D eigenvalue weighted by Crippen LogP contribution is 2.47. The number of pyridine rings is 1. The SMILES string of the molecule is Cc1cc(C2CC2)c(C(O)c2nc3cc(C#N)cnc3n2COCC[Si](C)(C)C)c2ccn(C(=O)O)c12. The maximum Gasteiger partial charge on any atom is 0.416 e. The van der Waals surface area contributed by atoms with E-state index in [4.69, 9.17) is 9.72 Å². The van der Waals surface area contributed by atoms with E-state index < -0.39 is 20.3 Å². The van der Waals surface area contributed by atoms with Crippen LogP contribution in [-0.4, -0.2) is 50.1 Å². The third-order valence-electron chi connectivity index (χ3n) is 6.93. The number of rotatable bonds is 8. The first kappa shape index (κ1) is 25.1. The van der Waals surface area contributed by atoms with Gasteiger partial charge in [0, 0.05) is 38.0 Å². The third kappa shape index (κ3) is 4.78. The summed E-state index contributed by atoms with van der Waals surface area (Å²) in [4.78, 5) is 21.1. The van der Waals surface area contributed by atoms with Gasteiger partial charge in [-0.1, -0.05) is 25.7 Å². The molecule has 3 heterocycles. The summed E-state index contributed by atoms with van der Waals surface area (Å²) in [6.07, 6.45) is 2.85. The normalized spacial score (nSPS) is 14.8. The van der Waals surface area contributed by atoms with Gasteiger partial charge in [0.2, 0.25) is 0 Å². The number of aliphatic hydroxyl groups is 1. The molecule has 0 amide bonds. The molecular weight excluding hydrogens is 486 g/mol. The summed E-state index contributed by atoms with van der Waals surface area (Å²) in [6, 6.07) is 8.50. The van der Waals surface area contributed by atoms with Crippen LogP contribution in [-0.2, 0) is 11.5 Å². The van der Waals surface area contributed by atoms with E-state index in [0.717, 1.165) is 30.0 Å². The topological polar surface area (TPSA) is 126 Å². The minimum atomic E-state index is -1.29. The zero-order valence-electron chi connectivity index (χ0n) is 21.5. The molecule has 2 N–H and O–H groups in total. The average molecular weight is 518 g/mol. The van der Waals surface area contributed by atoms with E-state index in [9.17, 15) is 20.3 Å². The molecule has 1 saturated carbocycles. The number of aromatic nitrogens is 4. The predicted octanol–water partition coefficient (Wildman–Crippen LogP) is 5.36. The van der Waals surface area contributed by atoms with Crippen molar-refractivity contribution in [3.63, 3.8) is 0 Å². The molecule has 5 rings (SSSR count). The van der Waals surface area contributed by atoms with E-state index in [-0.39, 0.29) is 6.73 Å². The van der Waals surface area contributed by atoms with Gasteiger partial charge in [0.25, 0.3) is 0 Å². The van der Waals surface area contributed by atoms with Crippen LogP contribution < -0.4 is 0 Å². The van der Waals surface area contributed by atoms with E-state index in [2.05, 4.69) is 30.7 Å². The molecule has 3 aromatic heterocycles. The Hall–Kier alpha value is -3.52. The third-order valence-corrected chi connectivity index (χ3v) is 8.64. The second-order valence-electron chi connectivity index (χ2n) is 11.0. The lowest BCUT2D eigenvalue weighted by molar-refractivity contribution is 0.0811. The van der Waals surface area contributed by atoms with E-state index in [1.54, 1.807) is 16.7 Å². The molecular formula is C27H31N5O4Si. The molecule has 1 unspecified atom stereocenters. The molecule has 1 aromatic carbocycles. The maximum absolute atomic E-state index is 11.9. The Morgan fingerprint density at radius 3 is 2.73 bits per heavy atom. The lowest BCUT2D eigenvalue weighted by Gasteiger charge is -2.20. The Kier molecular flexibility index (Phi) is 6.39. The Morgan fingerprint density at radius 2 is 2.08 bits per heavy atom. The molecule has 0 aliphatic heterocycles. The number of carboxylic acid groups (broad SMARTS) is 1. The maximum atomic E-state index is 11.9. The van der Waals surface area contributed by atoms with Gasteiger partial charge in [-0.15, -0.1) is 0 Å². The summed E-state index contributed by atoms with van der Waals surface area (Å²) in [7, 11) is -1.29. The van der Waals surface area contributed by atoms with Crippen LogP contribution in [0, 0.1) is 18.3 Å². The van der Waals surface area contributed by atoms with Gasteiger partial charge in [0.1, 0.15) is 30.2 Å². The number of aryl methyl sites for hydroxylation is 1. The summed E-state index contributed by atoms with van der Waals surface area (Å²) < 4.78 is 9.00. The van der Waals surface area contributed by atoms with Crippen LogP contribution in [0.3, 0.4) is 0 Å². The van der Waals surface area contributed by atoms with Gasteiger partial charge in [-0.2, -0.15) is 5.26 Å². The number of nitriles is 1. The van der Waals surface area contributed by atoms with Crippen LogP contribution in [0.1, 0.15) is 52.9 Å². The van der Waals surface area contributed by atoms with Crippen molar-refractivity contribution in [3.8, 4) is 6.07 Å². The first-order chi connectivity index (χ1) is 17.6. The van der Waals surface area contributed by atoms with E-state index in [0.29, 0.717) is 51.5 Å². The van der Waals surface area contributed by atoms with Crippen molar-refractivity contribution in [2.45, 2.75) is 64.2 Å². The van der Waals surface area contributed by atoms with Crippen LogP contribution in [0.2, 0.25) is 25.7 Å². The van der Waals surface area contributed by atoms with Crippen molar-refractivity contribution in [1.82, 2.24) is 19.1 Å². The molecule has 10 heteroatoms. The quantitative estimate of drug-likeness (QED) is 0.238. The molecule has 0 radical (unpaired) electrons. The highest BCUT2D eigenvalue weighted by atomic mass is 28.3. The molecule has 37 heavy (non-hydrogen) atoms. The largest absolute Gasteiger partial charge is 0.464 e. The molecule has 9 nitrogen and oxygen atoms in total. The van der Waals surface area contributed by atoms with Gasteiger partial charge in [0.15, 0.2) is 5.65 Å². The highest BCUT2D eigenvalue weighted by molar-refractivity contribution is 6.76. The number of imidazole rings is 1. The number of hydrogen-bond acceptors (Lipinski definition) is 6. The Morgan fingerprint density at radius 1 is 1.32 bits per heavy atom. The molecule has 1 atom stereocenters. The van der Waals surface area contributed by atoms with Gasteiger partial charge in [0.05, 0.1) is 11.1 Å². The molecule has 1 fully saturated rings. The molecule has 0 saturated heterocycles. The fourth-order valence-corrected chi connectivity index (χ4v) is 5.63. The van der Waals surface area contributed by atoms with Gasteiger partial charge in [-0.05, 0) is 55.0 Å². The van der Waals surface area contributed by atoms with E-state index >= 15 is 0 Å². The minimum Gasteiger partial charge on any atom is -0.464 e. The van der Waals surface area contributed by atoms with Crippen molar-refractivity contribution in [1.29, 1.82) is 5.26 Å². The Bertz CT molecular complexity index is 1560. The van der Waals surface area contributed by atoms with Gasteiger partial charge < -0.3 is 14.9 Å². The molecule has 0 bridgehead atoms. The zero-order valence-corrected chi connectivity index (χ0v) is 22.5. The summed E-state index contributed by atoms with van der Waals surface area (Å²) in [6.45, 7) is 9.51. The number of benzene rings is 1. The average Bonchev–Trinajstić information content (AvgIpc) is 3.48. The first-order valence-electron chi connectivity index (χ1n) is 12.5. The number of nitrogens with zero attached hydrogens (tertiary/aromatic N) is 5. The molecule has 1 aliphatic rings. The van der Waals surface area contributed by atoms with E-state index in [1.807, 2.05) is 13.0 Å². The van der Waals surface area contributed by atoms with Crippen LogP contribution in [0.4, 0.5) is 4.79 Å². The summed E-state index contributed by atoms with van der Waals surface area (Å²) in [5, 5.41) is 31.7. The standard InChI is InChI=1S/C27H31N5O4Si/c1-16-11-20(18-5-6-18)22(19-7-8-31(23(16)19)27(34)35)24(33)26-30-21-12-17(13-28)14-29-25(21)32(26)15-36-9-10-37(2,3)4/h7-8,11-12,14,18,24,33H,5-6,9-10,15H2,1-4H3,(H,34,35). The summed E-state index contributed by atoms with van der Waals surface area (Å²) in [5.74, 6) is 0.677. The van der Waals surface area contributed by atoms with Gasteiger partial charge in [-0.25, -0.2) is 14.8 Å². The monoisotopic (exact) mass is 517 g/mol. The number of hydrogen-bond donors (Lipinski definition) is 2. The fourth-order valence-electron chi connectivity index (χ4n) is 4.87. The molecule has 1 aliphatic carbocycles. The lowest BCUT2D eigenvalue weighted by atomic mass is 9.92. The smallest absolute Gasteiger partial charge is 0.416 e. The van der Waals surface area contributed by atoms with Crippen molar-refractivity contribution < 1.29 is 19.7 Å². The number of carbonyl (C=O) groups is 1. The number of fused-ring (bicyclic) bond motifs is 2. The second kappa shape index (κ2) is 9.41. The molecule has 4 aromatic rings. The summed E-state index contributed by atoms with van der Waals surface area (Å²) in [5.41, 5.74) is 4.51. The van der Waals surface area contributed by atoms with Crippen LogP contribution in [0.5, 0.6) is 0 Å². The highest BCUT2D eigenvalue weighted by Gasteiger charge is 2.33. The van der Waals surface area contributed by atoms with Crippen LogP contribution >= 0.6 is 0 Å². The predicted molar refractivity (Wildman–Crippen MR) is 142 cm³/mol. The van der Waals surface area contributed by atoms with Crippen molar-refractivity contribution in [2.75, 3.05) is 6.61 Å². The molecule has 0 spiro atoms. The second-order valence-corrected chi connectivity index (χ2v) is 16.6. The van der Waals surface area contributed by atoms with Gasteiger partial charge >= 0.3 is 6.09 Å². The van der Waals surface area contributed by atoms with Crippen LogP contribution in [0.25, 0.3) is 22.1 Å². The lowest BCUT2D eigenvalue weighted by Crippen LogP contribution is -2.22. The van der Waals surface area contributed by atoms with Crippen molar-refractivity contribution in [2.24, 2.45) is 0 Å². The van der Waals surface area contributed by atoms with Crippen molar-refractivity contribution in [3.05, 3.63) is 58.7 Å². The van der Waals surface area contributed by atoms with Crippen LogP contribution in [0.15, 0.2) is 30.6 Å². The van der Waals surface area contributed by atoms with Gasteiger partial charge in [-0.3, -0.25) is 9.13 Å².